The first kappa shape index (κ1) is 16.4. The van der Waals surface area contributed by atoms with Crippen LogP contribution in [0.25, 0.3) is 0 Å². The average Bonchev–Trinajstić information content (AvgIpc) is 2.37. The van der Waals surface area contributed by atoms with Crippen molar-refractivity contribution in [2.24, 2.45) is 5.73 Å². The molecular weight excluding hydrogens is 290 g/mol. The number of carboxylic acids is 1. The number of halogens is 2. The zero-order chi connectivity index (χ0) is 15.1. The number of hydrogen-bond acceptors (Lipinski definition) is 4. The van der Waals surface area contributed by atoms with Crippen LogP contribution in [-0.2, 0) is 9.59 Å². The van der Waals surface area contributed by atoms with Gasteiger partial charge in [0, 0.05) is 6.07 Å². The highest BCUT2D eigenvalue weighted by Gasteiger charge is 2.12. The van der Waals surface area contributed by atoms with E-state index in [0.29, 0.717) is 11.8 Å². The van der Waals surface area contributed by atoms with Crippen molar-refractivity contribution in [2.75, 3.05) is 16.8 Å². The minimum atomic E-state index is -1.09. The molecule has 0 bridgehead atoms. The lowest BCUT2D eigenvalue weighted by molar-refractivity contribution is -0.138. The summed E-state index contributed by atoms with van der Waals surface area (Å²) in [4.78, 5) is 21.9. The van der Waals surface area contributed by atoms with E-state index in [1.54, 1.807) is 0 Å². The lowest BCUT2D eigenvalue weighted by Crippen LogP contribution is -2.30. The number of carbonyl (C=O) groups is 2. The number of aliphatic carboxylic acids is 1. The van der Waals surface area contributed by atoms with Crippen LogP contribution in [0.1, 0.15) is 6.42 Å². The van der Waals surface area contributed by atoms with Gasteiger partial charge in [-0.15, -0.1) is 0 Å². The lowest BCUT2D eigenvalue weighted by atomic mass is 10.2. The molecule has 8 heteroatoms. The number of thioether (sulfide) groups is 1. The summed E-state index contributed by atoms with van der Waals surface area (Å²) >= 11 is 1.18. The predicted octanol–water partition coefficient (Wildman–Crippen LogP) is 1.44. The summed E-state index contributed by atoms with van der Waals surface area (Å²) < 4.78 is 25.9. The molecule has 1 aromatic rings. The van der Waals surface area contributed by atoms with E-state index in [4.69, 9.17) is 10.8 Å². The van der Waals surface area contributed by atoms with Crippen LogP contribution < -0.4 is 11.1 Å². The van der Waals surface area contributed by atoms with Crippen molar-refractivity contribution >= 4 is 29.3 Å². The number of anilines is 1. The summed E-state index contributed by atoms with van der Waals surface area (Å²) in [7, 11) is 0. The smallest absolute Gasteiger partial charge is 0.320 e. The number of nitrogens with one attached hydrogen (secondary N) is 1. The number of rotatable bonds is 7. The van der Waals surface area contributed by atoms with Crippen LogP contribution in [0.5, 0.6) is 0 Å². The minimum absolute atomic E-state index is 0.0309. The van der Waals surface area contributed by atoms with E-state index in [2.05, 4.69) is 5.32 Å². The second-order valence-electron chi connectivity index (χ2n) is 3.96. The van der Waals surface area contributed by atoms with E-state index in [-0.39, 0.29) is 17.9 Å². The first-order valence-electron chi connectivity index (χ1n) is 5.71. The topological polar surface area (TPSA) is 92.4 Å². The molecule has 0 aromatic heterocycles. The molecule has 0 saturated heterocycles. The Morgan fingerprint density at radius 3 is 2.70 bits per heavy atom. The Kier molecular flexibility index (Phi) is 6.40. The Balaban J connectivity index is 2.32. The number of carboxylic acid groups (broad SMARTS) is 1. The van der Waals surface area contributed by atoms with Gasteiger partial charge < -0.3 is 16.2 Å². The third kappa shape index (κ3) is 5.54. The van der Waals surface area contributed by atoms with Crippen LogP contribution in [0.15, 0.2) is 18.2 Å². The SMILES string of the molecule is NC(CCSCC(=O)Nc1ccc(F)cc1F)C(=O)O. The molecule has 20 heavy (non-hydrogen) atoms. The van der Waals surface area contributed by atoms with Crippen molar-refractivity contribution in [3.63, 3.8) is 0 Å². The molecule has 1 amide bonds. The molecule has 4 N–H and O–H groups in total. The fourth-order valence-electron chi connectivity index (χ4n) is 1.28. The Labute approximate surface area is 118 Å². The summed E-state index contributed by atoms with van der Waals surface area (Å²) in [5.74, 6) is -2.70. The van der Waals surface area contributed by atoms with Crippen LogP contribution in [0.4, 0.5) is 14.5 Å². The van der Waals surface area contributed by atoms with Crippen LogP contribution in [0.2, 0.25) is 0 Å². The minimum Gasteiger partial charge on any atom is -0.480 e. The van der Waals surface area contributed by atoms with Gasteiger partial charge in [-0.25, -0.2) is 8.78 Å². The summed E-state index contributed by atoms with van der Waals surface area (Å²) in [6, 6.07) is 1.89. The number of carbonyl (C=O) groups excluding carboxylic acids is 1. The Bertz CT molecular complexity index is 500. The third-order valence-electron chi connectivity index (χ3n) is 2.33. The van der Waals surface area contributed by atoms with Gasteiger partial charge in [0.2, 0.25) is 5.91 Å². The Hall–Kier alpha value is -1.67. The molecule has 0 heterocycles. The average molecular weight is 304 g/mol. The van der Waals surface area contributed by atoms with Gasteiger partial charge in [-0.2, -0.15) is 11.8 Å². The predicted molar refractivity (Wildman–Crippen MR) is 72.5 cm³/mol. The van der Waals surface area contributed by atoms with Gasteiger partial charge in [0.25, 0.3) is 0 Å². The molecule has 1 atom stereocenters. The van der Waals surface area contributed by atoms with Gasteiger partial charge >= 0.3 is 5.97 Å². The normalized spacial score (nSPS) is 11.9. The highest BCUT2D eigenvalue weighted by Crippen LogP contribution is 2.15. The second kappa shape index (κ2) is 7.81. The largest absolute Gasteiger partial charge is 0.480 e. The quantitative estimate of drug-likeness (QED) is 0.663. The zero-order valence-corrected chi connectivity index (χ0v) is 11.3. The molecule has 110 valence electrons. The van der Waals surface area contributed by atoms with Crippen molar-refractivity contribution in [3.05, 3.63) is 29.8 Å². The van der Waals surface area contributed by atoms with E-state index in [1.165, 1.54) is 11.8 Å². The van der Waals surface area contributed by atoms with Crippen molar-refractivity contribution in [1.82, 2.24) is 0 Å². The fourth-order valence-corrected chi connectivity index (χ4v) is 2.10. The van der Waals surface area contributed by atoms with E-state index < -0.39 is 29.6 Å². The maximum Gasteiger partial charge on any atom is 0.320 e. The van der Waals surface area contributed by atoms with Gasteiger partial charge in [0.1, 0.15) is 17.7 Å². The fraction of sp³-hybridized carbons (Fsp3) is 0.333. The highest BCUT2D eigenvalue weighted by molar-refractivity contribution is 7.99. The molecule has 0 fully saturated rings. The summed E-state index contributed by atoms with van der Waals surface area (Å²) in [5.41, 5.74) is 5.19. The van der Waals surface area contributed by atoms with Gasteiger partial charge in [0.05, 0.1) is 11.4 Å². The first-order valence-corrected chi connectivity index (χ1v) is 6.86. The monoisotopic (exact) mass is 304 g/mol. The maximum atomic E-state index is 13.3. The zero-order valence-electron chi connectivity index (χ0n) is 10.4. The van der Waals surface area contributed by atoms with Gasteiger partial charge in [0.15, 0.2) is 0 Å². The molecular formula is C12H14F2N2O3S. The third-order valence-corrected chi connectivity index (χ3v) is 3.32. The van der Waals surface area contributed by atoms with Crippen molar-refractivity contribution in [3.8, 4) is 0 Å². The summed E-state index contributed by atoms with van der Waals surface area (Å²) in [5, 5.41) is 10.9. The first-order chi connectivity index (χ1) is 9.40. The van der Waals surface area contributed by atoms with Gasteiger partial charge in [-0.05, 0) is 24.3 Å². The molecule has 1 unspecified atom stereocenters. The molecule has 0 radical (unpaired) electrons. The lowest BCUT2D eigenvalue weighted by Gasteiger charge is -2.07. The molecule has 0 spiro atoms. The molecule has 0 aliphatic rings. The van der Waals surface area contributed by atoms with E-state index in [1.807, 2.05) is 0 Å². The summed E-state index contributed by atoms with van der Waals surface area (Å²) in [6.45, 7) is 0. The number of benzene rings is 1. The number of hydrogen-bond donors (Lipinski definition) is 3. The van der Waals surface area contributed by atoms with Crippen molar-refractivity contribution < 1.29 is 23.5 Å². The Morgan fingerprint density at radius 2 is 2.10 bits per heavy atom. The maximum absolute atomic E-state index is 13.3. The van der Waals surface area contributed by atoms with Crippen LogP contribution >= 0.6 is 11.8 Å². The van der Waals surface area contributed by atoms with Gasteiger partial charge in [-0.3, -0.25) is 9.59 Å². The molecule has 0 aliphatic heterocycles. The van der Waals surface area contributed by atoms with Crippen LogP contribution in [0, 0.1) is 11.6 Å². The highest BCUT2D eigenvalue weighted by atomic mass is 32.2. The van der Waals surface area contributed by atoms with E-state index in [0.717, 1.165) is 12.1 Å². The van der Waals surface area contributed by atoms with E-state index in [9.17, 15) is 18.4 Å². The van der Waals surface area contributed by atoms with Gasteiger partial charge in [-0.1, -0.05) is 0 Å². The number of amides is 1. The molecule has 5 nitrogen and oxygen atoms in total. The molecule has 0 aliphatic carbocycles. The molecule has 1 rings (SSSR count). The molecule has 1 aromatic carbocycles. The van der Waals surface area contributed by atoms with E-state index >= 15 is 0 Å². The second-order valence-corrected chi connectivity index (χ2v) is 5.06. The van der Waals surface area contributed by atoms with Crippen molar-refractivity contribution in [1.29, 1.82) is 0 Å². The number of nitrogens with two attached hydrogens (primary N) is 1. The Morgan fingerprint density at radius 1 is 1.40 bits per heavy atom. The van der Waals surface area contributed by atoms with Crippen LogP contribution in [0.3, 0.4) is 0 Å². The molecule has 0 saturated carbocycles. The van der Waals surface area contributed by atoms with Crippen LogP contribution in [-0.4, -0.2) is 34.5 Å². The van der Waals surface area contributed by atoms with Crippen molar-refractivity contribution in [2.45, 2.75) is 12.5 Å². The summed E-state index contributed by atoms with van der Waals surface area (Å²) in [6.07, 6.45) is 0.234. The standard InChI is InChI=1S/C12H14F2N2O3S/c13-7-1-2-10(8(14)5-7)16-11(17)6-20-4-3-9(15)12(18)19/h1-2,5,9H,3-4,6,15H2,(H,16,17)(H,18,19).